The van der Waals surface area contributed by atoms with E-state index in [1.165, 1.54) is 57.8 Å². The highest BCUT2D eigenvalue weighted by Gasteiger charge is 2.12. The Morgan fingerprint density at radius 1 is 0.870 bits per heavy atom. The van der Waals surface area contributed by atoms with Crippen molar-refractivity contribution in [3.63, 3.8) is 0 Å². The zero-order valence-corrected chi connectivity index (χ0v) is 15.4. The predicted molar refractivity (Wildman–Crippen MR) is 100.0 cm³/mol. The van der Waals surface area contributed by atoms with Crippen LogP contribution in [0.1, 0.15) is 87.1 Å². The van der Waals surface area contributed by atoms with Gasteiger partial charge in [-0.05, 0) is 25.0 Å². The molecule has 23 heavy (non-hydrogen) atoms. The van der Waals surface area contributed by atoms with Gasteiger partial charge < -0.3 is 4.90 Å². The number of rotatable bonds is 12. The van der Waals surface area contributed by atoms with Crippen molar-refractivity contribution in [2.24, 2.45) is 0 Å². The van der Waals surface area contributed by atoms with Crippen molar-refractivity contribution in [1.29, 1.82) is 0 Å². The van der Waals surface area contributed by atoms with Gasteiger partial charge in [0, 0.05) is 19.2 Å². The Hall–Kier alpha value is -1.31. The summed E-state index contributed by atoms with van der Waals surface area (Å²) < 4.78 is 0. The molecule has 1 amide bonds. The highest BCUT2D eigenvalue weighted by molar-refractivity contribution is 5.95. The van der Waals surface area contributed by atoms with Crippen molar-refractivity contribution in [1.82, 2.24) is 4.90 Å². The molecule has 130 valence electrons. The third-order valence-electron chi connectivity index (χ3n) is 4.57. The number of carbonyl (C=O) groups excluding carboxylic acids is 1. The fourth-order valence-corrected chi connectivity index (χ4v) is 2.96. The van der Waals surface area contributed by atoms with Crippen LogP contribution in [0.15, 0.2) is 24.3 Å². The lowest BCUT2D eigenvalue weighted by Gasteiger charge is -2.18. The summed E-state index contributed by atoms with van der Waals surface area (Å²) in [5, 5.41) is 0. The Morgan fingerprint density at radius 3 is 1.96 bits per heavy atom. The second-order valence-corrected chi connectivity index (χ2v) is 6.72. The minimum atomic E-state index is 0.152. The molecule has 1 aromatic rings. The molecule has 2 heteroatoms. The van der Waals surface area contributed by atoms with E-state index in [2.05, 4.69) is 6.92 Å². The maximum atomic E-state index is 12.4. The molecule has 0 aromatic heterocycles. The van der Waals surface area contributed by atoms with Gasteiger partial charge in [0.05, 0.1) is 0 Å². The lowest BCUT2D eigenvalue weighted by molar-refractivity contribution is 0.0792. The largest absolute Gasteiger partial charge is 0.342 e. The number of aryl methyl sites for hydroxylation is 1. The number of carbonyl (C=O) groups is 1. The van der Waals surface area contributed by atoms with E-state index in [1.54, 1.807) is 0 Å². The molecule has 0 atom stereocenters. The van der Waals surface area contributed by atoms with E-state index in [0.717, 1.165) is 24.1 Å². The third-order valence-corrected chi connectivity index (χ3v) is 4.57. The highest BCUT2D eigenvalue weighted by atomic mass is 16.2. The average molecular weight is 318 g/mol. The molecule has 0 aliphatic carbocycles. The van der Waals surface area contributed by atoms with Crippen molar-refractivity contribution < 1.29 is 4.79 Å². The van der Waals surface area contributed by atoms with Crippen molar-refractivity contribution >= 4 is 5.91 Å². The van der Waals surface area contributed by atoms with Crippen molar-refractivity contribution in [3.8, 4) is 0 Å². The molecule has 0 saturated heterocycles. The molecule has 0 aliphatic heterocycles. The van der Waals surface area contributed by atoms with Crippen LogP contribution in [0.4, 0.5) is 0 Å². The van der Waals surface area contributed by atoms with Gasteiger partial charge in [-0.25, -0.2) is 0 Å². The summed E-state index contributed by atoms with van der Waals surface area (Å²) in [6.45, 7) is 5.13. The summed E-state index contributed by atoms with van der Waals surface area (Å²) in [5.74, 6) is 0.152. The van der Waals surface area contributed by atoms with Crippen LogP contribution in [0.2, 0.25) is 0 Å². The number of unbranched alkanes of at least 4 members (excludes halogenated alkanes) is 9. The first-order valence-corrected chi connectivity index (χ1v) is 9.48. The molecular formula is C21H35NO. The van der Waals surface area contributed by atoms with Crippen LogP contribution in [0, 0.1) is 6.92 Å². The van der Waals surface area contributed by atoms with Gasteiger partial charge in [0.1, 0.15) is 0 Å². The molecule has 0 radical (unpaired) electrons. The molecule has 0 N–H and O–H groups in total. The maximum absolute atomic E-state index is 12.4. The summed E-state index contributed by atoms with van der Waals surface area (Å²) in [5.41, 5.74) is 1.90. The standard InChI is InChI=1S/C21H35NO/c1-4-5-6-7-8-9-10-11-12-15-18-22(3)21(23)20-17-14-13-16-19(20)2/h13-14,16-17H,4-12,15,18H2,1-3H3. The average Bonchev–Trinajstić information content (AvgIpc) is 2.56. The number of amides is 1. The van der Waals surface area contributed by atoms with Gasteiger partial charge in [0.25, 0.3) is 5.91 Å². The Morgan fingerprint density at radius 2 is 1.39 bits per heavy atom. The second kappa shape index (κ2) is 12.2. The van der Waals surface area contributed by atoms with Crippen LogP contribution in [-0.4, -0.2) is 24.4 Å². The van der Waals surface area contributed by atoms with Crippen molar-refractivity contribution in [2.45, 2.75) is 78.1 Å². The van der Waals surface area contributed by atoms with E-state index in [4.69, 9.17) is 0 Å². The van der Waals surface area contributed by atoms with Crippen LogP contribution in [0.5, 0.6) is 0 Å². The number of benzene rings is 1. The molecule has 0 fully saturated rings. The van der Waals surface area contributed by atoms with Gasteiger partial charge in [-0.3, -0.25) is 4.79 Å². The summed E-state index contributed by atoms with van der Waals surface area (Å²) in [6.07, 6.45) is 13.3. The number of hydrogen-bond donors (Lipinski definition) is 0. The van der Waals surface area contributed by atoms with Crippen LogP contribution in [-0.2, 0) is 0 Å². The van der Waals surface area contributed by atoms with Gasteiger partial charge in [0.2, 0.25) is 0 Å². The van der Waals surface area contributed by atoms with E-state index in [-0.39, 0.29) is 5.91 Å². The van der Waals surface area contributed by atoms with Gasteiger partial charge in [-0.15, -0.1) is 0 Å². The molecule has 0 heterocycles. The summed E-state index contributed by atoms with van der Waals surface area (Å²) in [4.78, 5) is 14.3. The first kappa shape index (κ1) is 19.7. The fraction of sp³-hybridized carbons (Fsp3) is 0.667. The topological polar surface area (TPSA) is 20.3 Å². The molecule has 0 aliphatic rings. The highest BCUT2D eigenvalue weighted by Crippen LogP contribution is 2.12. The Kier molecular flexibility index (Phi) is 10.4. The summed E-state index contributed by atoms with van der Waals surface area (Å²) in [6, 6.07) is 7.84. The van der Waals surface area contributed by atoms with Crippen LogP contribution in [0.3, 0.4) is 0 Å². The molecule has 1 aromatic carbocycles. The Bertz CT molecular complexity index is 441. The number of hydrogen-bond acceptors (Lipinski definition) is 1. The van der Waals surface area contributed by atoms with E-state index < -0.39 is 0 Å². The molecular weight excluding hydrogens is 282 g/mol. The lowest BCUT2D eigenvalue weighted by atomic mass is 10.1. The van der Waals surface area contributed by atoms with Gasteiger partial charge in [-0.2, -0.15) is 0 Å². The third kappa shape index (κ3) is 8.20. The number of nitrogens with zero attached hydrogens (tertiary/aromatic N) is 1. The van der Waals surface area contributed by atoms with Crippen molar-refractivity contribution in [2.75, 3.05) is 13.6 Å². The van der Waals surface area contributed by atoms with Crippen LogP contribution >= 0.6 is 0 Å². The smallest absolute Gasteiger partial charge is 0.253 e. The van der Waals surface area contributed by atoms with E-state index in [1.807, 2.05) is 43.1 Å². The van der Waals surface area contributed by atoms with Crippen molar-refractivity contribution in [3.05, 3.63) is 35.4 Å². The minimum Gasteiger partial charge on any atom is -0.342 e. The van der Waals surface area contributed by atoms with Gasteiger partial charge in [0.15, 0.2) is 0 Å². The molecule has 0 unspecified atom stereocenters. The van der Waals surface area contributed by atoms with E-state index >= 15 is 0 Å². The molecule has 0 saturated carbocycles. The lowest BCUT2D eigenvalue weighted by Crippen LogP contribution is -2.28. The van der Waals surface area contributed by atoms with Gasteiger partial charge >= 0.3 is 0 Å². The monoisotopic (exact) mass is 317 g/mol. The Balaban J connectivity index is 2.07. The quantitative estimate of drug-likeness (QED) is 0.434. The minimum absolute atomic E-state index is 0.152. The normalized spacial score (nSPS) is 10.7. The van der Waals surface area contributed by atoms with E-state index in [9.17, 15) is 4.79 Å². The van der Waals surface area contributed by atoms with Gasteiger partial charge in [-0.1, -0.05) is 82.9 Å². The summed E-state index contributed by atoms with van der Waals surface area (Å²) in [7, 11) is 1.92. The molecule has 0 spiro atoms. The van der Waals surface area contributed by atoms with E-state index in [0.29, 0.717) is 0 Å². The fourth-order valence-electron chi connectivity index (χ4n) is 2.96. The van der Waals surface area contributed by atoms with Crippen LogP contribution < -0.4 is 0 Å². The first-order chi connectivity index (χ1) is 11.2. The second-order valence-electron chi connectivity index (χ2n) is 6.72. The zero-order chi connectivity index (χ0) is 16.9. The molecule has 2 nitrogen and oxygen atoms in total. The first-order valence-electron chi connectivity index (χ1n) is 9.48. The van der Waals surface area contributed by atoms with Crippen LogP contribution in [0.25, 0.3) is 0 Å². The Labute approximate surface area is 143 Å². The maximum Gasteiger partial charge on any atom is 0.253 e. The summed E-state index contributed by atoms with van der Waals surface area (Å²) >= 11 is 0. The SMILES string of the molecule is CCCCCCCCCCCCN(C)C(=O)c1ccccc1C. The molecule has 0 bridgehead atoms. The zero-order valence-electron chi connectivity index (χ0n) is 15.4. The molecule has 1 rings (SSSR count). The predicted octanol–water partition coefficient (Wildman–Crippen LogP) is 5.99.